The summed E-state index contributed by atoms with van der Waals surface area (Å²) in [5.74, 6) is 1.37. The maximum Gasteiger partial charge on any atom is 0.352 e. The molecule has 27 heavy (non-hydrogen) atoms. The van der Waals surface area contributed by atoms with E-state index in [-0.39, 0.29) is 29.4 Å². The molecule has 1 aromatic heterocycles. The maximum absolute atomic E-state index is 13.4. The Morgan fingerprint density at radius 3 is 1.81 bits per heavy atom. The molecule has 10 atom stereocenters. The van der Waals surface area contributed by atoms with E-state index in [1.165, 1.54) is 4.57 Å². The highest BCUT2D eigenvalue weighted by molar-refractivity contribution is 5.54. The molecule has 136 valence electrons. The number of aliphatic hydroxyl groups is 2. The molecule has 0 amide bonds. The molecule has 0 saturated heterocycles. The number of benzene rings is 1. The molecule has 2 N–H and O–H groups in total. The quantitative estimate of drug-likeness (QED) is 0.680. The molecule has 2 unspecified atom stereocenters. The molecule has 3 heterocycles. The molecule has 4 saturated carbocycles. The largest absolute Gasteiger partial charge is 0.388 e. The normalized spacial score (nSPS) is 53.3. The van der Waals surface area contributed by atoms with E-state index >= 15 is 0 Å². The molecule has 4 fully saturated rings. The van der Waals surface area contributed by atoms with Crippen LogP contribution in [0.3, 0.4) is 0 Å². The van der Waals surface area contributed by atoms with Crippen molar-refractivity contribution in [1.82, 2.24) is 13.9 Å². The third-order valence-electron chi connectivity index (χ3n) is 8.98. The van der Waals surface area contributed by atoms with Crippen molar-refractivity contribution in [3.05, 3.63) is 63.5 Å². The second-order valence-electron chi connectivity index (χ2n) is 9.17. The average Bonchev–Trinajstić information content (AvgIpc) is 3.45. The van der Waals surface area contributed by atoms with Gasteiger partial charge >= 0.3 is 11.4 Å². The number of aromatic nitrogens is 3. The van der Waals surface area contributed by atoms with Crippen molar-refractivity contribution in [3.63, 3.8) is 0 Å². The van der Waals surface area contributed by atoms with E-state index in [0.717, 1.165) is 0 Å². The Kier molecular flexibility index (Phi) is 1.79. The Hall–Kier alpha value is -2.38. The van der Waals surface area contributed by atoms with E-state index in [0.29, 0.717) is 23.4 Å². The maximum atomic E-state index is 13.4. The van der Waals surface area contributed by atoms with Crippen LogP contribution in [0.15, 0.2) is 52.1 Å². The van der Waals surface area contributed by atoms with Gasteiger partial charge < -0.3 is 10.2 Å². The lowest BCUT2D eigenvalue weighted by Crippen LogP contribution is -2.59. The third-order valence-corrected chi connectivity index (χ3v) is 8.98. The molecule has 2 aliphatic heterocycles. The van der Waals surface area contributed by atoms with Gasteiger partial charge in [0.1, 0.15) is 0 Å². The van der Waals surface area contributed by atoms with Crippen molar-refractivity contribution in [2.45, 2.75) is 24.3 Å². The second-order valence-corrected chi connectivity index (χ2v) is 9.17. The first-order valence-corrected chi connectivity index (χ1v) is 9.65. The molecule has 7 nitrogen and oxygen atoms in total. The first-order chi connectivity index (χ1) is 13.1. The molecular weight excluding hydrogens is 346 g/mol. The predicted molar refractivity (Wildman–Crippen MR) is 92.3 cm³/mol. The molecule has 7 heteroatoms. The van der Waals surface area contributed by atoms with Crippen LogP contribution >= 0.6 is 0 Å². The minimum absolute atomic E-state index is 0.192. The molecule has 2 spiro atoms. The Morgan fingerprint density at radius 2 is 1.30 bits per heavy atom. The molecule has 0 radical (unpaired) electrons. The standard InChI is InChI=1S/C20H17N3O4/c24-9-6-7-10(25)20-14-11-12-13(11)16(20)23-18(27)21(8-4-2-1-3-5-8)17(26)22(23)15(12)19(9,14)20/h1-7,9-16,24-25H/t9-,10+,11?,12+,13-,14?,15-,16+,19-,20+. The van der Waals surface area contributed by atoms with Crippen LogP contribution < -0.4 is 11.4 Å². The Morgan fingerprint density at radius 1 is 0.778 bits per heavy atom. The minimum atomic E-state index is -0.664. The molecule has 2 bridgehead atoms. The van der Waals surface area contributed by atoms with E-state index in [2.05, 4.69) is 0 Å². The lowest BCUT2D eigenvalue weighted by Gasteiger charge is -2.51. The lowest BCUT2D eigenvalue weighted by atomic mass is 9.64. The van der Waals surface area contributed by atoms with Gasteiger partial charge in [-0.15, -0.1) is 0 Å². The van der Waals surface area contributed by atoms with E-state index in [9.17, 15) is 19.8 Å². The van der Waals surface area contributed by atoms with Gasteiger partial charge in [-0.1, -0.05) is 30.4 Å². The molecule has 7 aliphatic rings. The van der Waals surface area contributed by atoms with Crippen LogP contribution in [-0.2, 0) is 0 Å². The van der Waals surface area contributed by atoms with Gasteiger partial charge in [0.05, 0.1) is 30.0 Å². The smallest absolute Gasteiger partial charge is 0.352 e. The fourth-order valence-electron chi connectivity index (χ4n) is 8.69. The SMILES string of the molecule is O=c1n(-c2ccccc2)c(=O)n2n1[C@H]1[C@@H]3C4C5[C@@]16[C@@H](O)C=C[C@@H](O)[C@]56[C@H]2[C@@H]43. The number of para-hydroxylation sites is 1. The van der Waals surface area contributed by atoms with Gasteiger partial charge in [0.25, 0.3) is 0 Å². The Bertz CT molecular complexity index is 1150. The molecule has 1 aromatic carbocycles. The number of aliphatic hydroxyl groups excluding tert-OH is 2. The van der Waals surface area contributed by atoms with E-state index < -0.39 is 23.0 Å². The van der Waals surface area contributed by atoms with Crippen molar-refractivity contribution >= 4 is 0 Å². The van der Waals surface area contributed by atoms with Crippen LogP contribution in [0.2, 0.25) is 0 Å². The first-order valence-electron chi connectivity index (χ1n) is 9.65. The van der Waals surface area contributed by atoms with Gasteiger partial charge in [-0.3, -0.25) is 0 Å². The highest BCUT2D eigenvalue weighted by Gasteiger charge is 3.06. The fourth-order valence-corrected chi connectivity index (χ4v) is 8.69. The van der Waals surface area contributed by atoms with E-state index in [1.807, 2.05) is 18.2 Å². The van der Waals surface area contributed by atoms with Gasteiger partial charge in [0.15, 0.2) is 0 Å². The summed E-state index contributed by atoms with van der Waals surface area (Å²) in [6.07, 6.45) is 2.07. The number of rotatable bonds is 1. The van der Waals surface area contributed by atoms with Crippen LogP contribution in [0.1, 0.15) is 12.1 Å². The first kappa shape index (κ1) is 13.7. The van der Waals surface area contributed by atoms with Crippen LogP contribution in [0.4, 0.5) is 0 Å². The second kappa shape index (κ2) is 3.52. The summed E-state index contributed by atoms with van der Waals surface area (Å²) in [7, 11) is 0. The zero-order valence-corrected chi connectivity index (χ0v) is 14.2. The highest BCUT2D eigenvalue weighted by atomic mass is 16.3. The van der Waals surface area contributed by atoms with Crippen molar-refractivity contribution in [3.8, 4) is 5.69 Å². The zero-order chi connectivity index (χ0) is 18.0. The molecular formula is C20H17N3O4. The summed E-state index contributed by atoms with van der Waals surface area (Å²) >= 11 is 0. The van der Waals surface area contributed by atoms with Crippen LogP contribution in [-0.4, -0.2) is 36.4 Å². The summed E-state index contributed by atoms with van der Waals surface area (Å²) in [6, 6.07) is 8.61. The molecule has 9 rings (SSSR count). The van der Waals surface area contributed by atoms with Gasteiger partial charge in [-0.05, 0) is 35.8 Å². The summed E-state index contributed by atoms with van der Waals surface area (Å²) in [5.41, 5.74) is -1.04. The van der Waals surface area contributed by atoms with Gasteiger partial charge in [-0.25, -0.2) is 23.5 Å². The Labute approximate surface area is 152 Å². The fraction of sp³-hybridized carbons (Fsp3) is 0.500. The van der Waals surface area contributed by atoms with Gasteiger partial charge in [-0.2, -0.15) is 0 Å². The molecule has 5 aliphatic carbocycles. The highest BCUT2D eigenvalue weighted by Crippen LogP contribution is 3.04. The van der Waals surface area contributed by atoms with Crippen molar-refractivity contribution in [2.24, 2.45) is 34.5 Å². The predicted octanol–water partition coefficient (Wildman–Crippen LogP) is -0.320. The van der Waals surface area contributed by atoms with E-state index in [1.54, 1.807) is 33.6 Å². The molecule has 2 aromatic rings. The minimum Gasteiger partial charge on any atom is -0.388 e. The van der Waals surface area contributed by atoms with Gasteiger partial charge in [0.2, 0.25) is 0 Å². The lowest BCUT2D eigenvalue weighted by molar-refractivity contribution is -0.0942. The average molecular weight is 363 g/mol. The van der Waals surface area contributed by atoms with Crippen LogP contribution in [0, 0.1) is 34.5 Å². The van der Waals surface area contributed by atoms with Crippen molar-refractivity contribution < 1.29 is 10.2 Å². The summed E-state index contributed by atoms with van der Waals surface area (Å²) in [6.45, 7) is 0. The van der Waals surface area contributed by atoms with E-state index in [4.69, 9.17) is 0 Å². The summed E-state index contributed by atoms with van der Waals surface area (Å²) in [4.78, 5) is 26.7. The Balaban J connectivity index is 1.48. The third kappa shape index (κ3) is 0.953. The van der Waals surface area contributed by atoms with Crippen molar-refractivity contribution in [2.75, 3.05) is 0 Å². The number of nitrogens with zero attached hydrogens (tertiary/aromatic N) is 3. The number of hydrogen-bond acceptors (Lipinski definition) is 4. The zero-order valence-electron chi connectivity index (χ0n) is 14.2. The topological polar surface area (TPSA) is 89.4 Å². The monoisotopic (exact) mass is 363 g/mol. The summed E-state index contributed by atoms with van der Waals surface area (Å²) < 4.78 is 4.53. The van der Waals surface area contributed by atoms with Crippen LogP contribution in [0.25, 0.3) is 5.69 Å². The van der Waals surface area contributed by atoms with Crippen LogP contribution in [0.5, 0.6) is 0 Å². The van der Waals surface area contributed by atoms with Crippen molar-refractivity contribution in [1.29, 1.82) is 0 Å². The van der Waals surface area contributed by atoms with Gasteiger partial charge in [0, 0.05) is 10.8 Å². The summed E-state index contributed by atoms with van der Waals surface area (Å²) in [5, 5.41) is 21.9. The number of hydrogen-bond donors (Lipinski definition) is 2.